The summed E-state index contributed by atoms with van der Waals surface area (Å²) in [6, 6.07) is 13.5. The first-order valence-corrected chi connectivity index (χ1v) is 12.7. The van der Waals surface area contributed by atoms with E-state index in [1.807, 2.05) is 22.8 Å². The van der Waals surface area contributed by atoms with E-state index in [0.717, 1.165) is 37.4 Å². The van der Waals surface area contributed by atoms with Crippen LogP contribution in [0.25, 0.3) is 5.69 Å². The highest BCUT2D eigenvalue weighted by atomic mass is 32.2. The minimum absolute atomic E-state index is 0.0361. The third-order valence-electron chi connectivity index (χ3n) is 6.27. The monoisotopic (exact) mass is 494 g/mol. The van der Waals surface area contributed by atoms with Gasteiger partial charge in [-0.1, -0.05) is 30.3 Å². The summed E-state index contributed by atoms with van der Waals surface area (Å²) in [6.07, 6.45) is 3.55. The maximum Gasteiger partial charge on any atom is 0.244 e. The summed E-state index contributed by atoms with van der Waals surface area (Å²) in [6.45, 7) is 4.41. The fraction of sp³-hybridized carbons (Fsp3) is 0.360. The van der Waals surface area contributed by atoms with Crippen molar-refractivity contribution >= 4 is 35.0 Å². The van der Waals surface area contributed by atoms with Crippen LogP contribution in [0, 0.1) is 5.82 Å². The average molecular weight is 495 g/mol. The molecule has 35 heavy (non-hydrogen) atoms. The summed E-state index contributed by atoms with van der Waals surface area (Å²) in [5, 5.41) is 11.7. The molecule has 1 N–H and O–H groups in total. The zero-order valence-corrected chi connectivity index (χ0v) is 20.3. The molecule has 5 rings (SSSR count). The summed E-state index contributed by atoms with van der Waals surface area (Å²) >= 11 is 1.28. The van der Waals surface area contributed by atoms with E-state index in [1.54, 1.807) is 25.1 Å². The number of likely N-dealkylation sites (tertiary alicyclic amines) is 1. The van der Waals surface area contributed by atoms with Crippen LogP contribution in [0.3, 0.4) is 0 Å². The number of thioether (sulfide) groups is 1. The number of halogens is 1. The highest BCUT2D eigenvalue weighted by molar-refractivity contribution is 8.00. The molecule has 0 bridgehead atoms. The molecule has 8 nitrogen and oxygen atoms in total. The Kier molecular flexibility index (Phi) is 6.83. The Morgan fingerprint density at radius 1 is 1.09 bits per heavy atom. The first kappa shape index (κ1) is 23.5. The summed E-state index contributed by atoms with van der Waals surface area (Å²) in [7, 11) is 0. The number of hydrogen-bond donors (Lipinski definition) is 1. The van der Waals surface area contributed by atoms with Gasteiger partial charge in [-0.05, 0) is 69.3 Å². The van der Waals surface area contributed by atoms with Crippen molar-refractivity contribution < 1.29 is 14.0 Å². The molecule has 1 saturated heterocycles. The van der Waals surface area contributed by atoms with Crippen LogP contribution in [0.1, 0.15) is 32.0 Å². The second kappa shape index (κ2) is 10.2. The molecular formula is C25H27FN6O2S. The largest absolute Gasteiger partial charge is 0.323 e. The number of hydrogen-bond acceptors (Lipinski definition) is 6. The third kappa shape index (κ3) is 5.08. The number of amides is 2. The van der Waals surface area contributed by atoms with Crippen molar-refractivity contribution in [2.24, 2.45) is 0 Å². The number of para-hydroxylation sites is 2. The van der Waals surface area contributed by atoms with Gasteiger partial charge in [0.1, 0.15) is 12.4 Å². The lowest BCUT2D eigenvalue weighted by Gasteiger charge is -2.30. The molecule has 3 heterocycles. The number of aromatic nitrogens is 3. The zero-order valence-electron chi connectivity index (χ0n) is 19.5. The lowest BCUT2D eigenvalue weighted by atomic mass is 10.1. The first-order valence-electron chi connectivity index (χ1n) is 11.8. The van der Waals surface area contributed by atoms with Crippen molar-refractivity contribution in [3.8, 4) is 5.69 Å². The second-order valence-corrected chi connectivity index (χ2v) is 10.1. The SMILES string of the molecule is CC(Sc1nnc(CN2CCCCC2)n1-c1ccc(F)cc1)C(=O)N1CC(=O)Nc2ccccc21. The Bertz CT molecular complexity index is 1220. The van der Waals surface area contributed by atoms with Crippen LogP contribution in [0.2, 0.25) is 0 Å². The average Bonchev–Trinajstić information content (AvgIpc) is 3.25. The van der Waals surface area contributed by atoms with Crippen molar-refractivity contribution in [2.75, 3.05) is 29.9 Å². The molecule has 1 aromatic heterocycles. The van der Waals surface area contributed by atoms with E-state index < -0.39 is 5.25 Å². The van der Waals surface area contributed by atoms with Gasteiger partial charge in [0.25, 0.3) is 0 Å². The van der Waals surface area contributed by atoms with Crippen LogP contribution in [0.15, 0.2) is 53.7 Å². The van der Waals surface area contributed by atoms with Gasteiger partial charge in [-0.15, -0.1) is 10.2 Å². The fourth-order valence-corrected chi connectivity index (χ4v) is 5.45. The van der Waals surface area contributed by atoms with Gasteiger partial charge >= 0.3 is 0 Å². The van der Waals surface area contributed by atoms with Crippen LogP contribution in [-0.2, 0) is 16.1 Å². The van der Waals surface area contributed by atoms with E-state index in [2.05, 4.69) is 20.4 Å². The predicted molar refractivity (Wildman–Crippen MR) is 133 cm³/mol. The van der Waals surface area contributed by atoms with Crippen LogP contribution in [0.4, 0.5) is 15.8 Å². The Balaban J connectivity index is 1.42. The van der Waals surface area contributed by atoms with Crippen LogP contribution in [0.5, 0.6) is 0 Å². The molecule has 1 fully saturated rings. The maximum atomic E-state index is 13.6. The van der Waals surface area contributed by atoms with E-state index in [1.165, 1.54) is 35.2 Å². The van der Waals surface area contributed by atoms with Gasteiger partial charge < -0.3 is 5.32 Å². The molecule has 1 atom stereocenters. The molecule has 3 aromatic rings. The summed E-state index contributed by atoms with van der Waals surface area (Å²) in [4.78, 5) is 29.5. The quantitative estimate of drug-likeness (QED) is 0.524. The van der Waals surface area contributed by atoms with E-state index in [4.69, 9.17) is 0 Å². The zero-order chi connectivity index (χ0) is 24.4. The predicted octanol–water partition coefficient (Wildman–Crippen LogP) is 3.86. The number of nitrogens with zero attached hydrogens (tertiary/aromatic N) is 5. The summed E-state index contributed by atoms with van der Waals surface area (Å²) < 4.78 is 15.5. The number of piperidine rings is 1. The van der Waals surface area contributed by atoms with Gasteiger partial charge in [0, 0.05) is 5.69 Å². The van der Waals surface area contributed by atoms with Gasteiger partial charge in [0.2, 0.25) is 11.8 Å². The molecule has 2 aliphatic heterocycles. The highest BCUT2D eigenvalue weighted by Gasteiger charge is 2.31. The Morgan fingerprint density at radius 2 is 1.83 bits per heavy atom. The third-order valence-corrected chi connectivity index (χ3v) is 7.30. The van der Waals surface area contributed by atoms with Crippen molar-refractivity contribution in [3.63, 3.8) is 0 Å². The van der Waals surface area contributed by atoms with Gasteiger partial charge in [0.15, 0.2) is 11.0 Å². The van der Waals surface area contributed by atoms with Gasteiger partial charge in [-0.2, -0.15) is 0 Å². The van der Waals surface area contributed by atoms with Crippen molar-refractivity contribution in [2.45, 2.75) is 43.1 Å². The molecule has 0 spiro atoms. The summed E-state index contributed by atoms with van der Waals surface area (Å²) in [5.74, 6) is 0.0126. The van der Waals surface area contributed by atoms with E-state index in [-0.39, 0.29) is 24.2 Å². The Morgan fingerprint density at radius 3 is 2.60 bits per heavy atom. The van der Waals surface area contributed by atoms with Crippen molar-refractivity contribution in [3.05, 3.63) is 60.2 Å². The number of anilines is 2. The number of rotatable bonds is 6. The van der Waals surface area contributed by atoms with E-state index in [0.29, 0.717) is 23.1 Å². The number of carbonyl (C=O) groups is 2. The first-order chi connectivity index (χ1) is 17.0. The smallest absolute Gasteiger partial charge is 0.244 e. The summed E-state index contributed by atoms with van der Waals surface area (Å²) in [5.41, 5.74) is 2.04. The van der Waals surface area contributed by atoms with Crippen molar-refractivity contribution in [1.82, 2.24) is 19.7 Å². The fourth-order valence-electron chi connectivity index (χ4n) is 4.50. The number of benzene rings is 2. The highest BCUT2D eigenvalue weighted by Crippen LogP contribution is 2.33. The number of nitrogens with one attached hydrogen (secondary N) is 1. The topological polar surface area (TPSA) is 83.4 Å². The lowest BCUT2D eigenvalue weighted by molar-refractivity contribution is -0.121. The number of carbonyl (C=O) groups excluding carboxylic acids is 2. The van der Waals surface area contributed by atoms with Crippen molar-refractivity contribution in [1.29, 1.82) is 0 Å². The molecule has 0 saturated carbocycles. The standard InChI is InChI=1S/C25H27FN6O2S/c1-17(24(34)31-16-23(33)27-20-7-3-4-8-21(20)31)35-25-29-28-22(15-30-13-5-2-6-14-30)32(25)19-11-9-18(26)10-12-19/h3-4,7-12,17H,2,5-6,13-16H2,1H3,(H,27,33). The number of fused-ring (bicyclic) bond motifs is 1. The van der Waals surface area contributed by atoms with Crippen LogP contribution in [-0.4, -0.2) is 56.4 Å². The second-order valence-electron chi connectivity index (χ2n) is 8.80. The molecule has 1 unspecified atom stereocenters. The molecule has 2 aliphatic rings. The van der Waals surface area contributed by atoms with E-state index in [9.17, 15) is 14.0 Å². The molecule has 2 amide bonds. The molecule has 0 aliphatic carbocycles. The van der Waals surface area contributed by atoms with Crippen LogP contribution >= 0.6 is 11.8 Å². The normalized spacial score (nSPS) is 17.1. The van der Waals surface area contributed by atoms with Crippen LogP contribution < -0.4 is 10.2 Å². The Hall–Kier alpha value is -3.24. The van der Waals surface area contributed by atoms with Gasteiger partial charge in [-0.25, -0.2) is 4.39 Å². The molecule has 0 radical (unpaired) electrons. The van der Waals surface area contributed by atoms with Gasteiger partial charge in [0.05, 0.1) is 23.2 Å². The molecular weight excluding hydrogens is 467 g/mol. The maximum absolute atomic E-state index is 13.6. The molecule has 10 heteroatoms. The molecule has 182 valence electrons. The van der Waals surface area contributed by atoms with Gasteiger partial charge in [-0.3, -0.25) is 24.0 Å². The lowest BCUT2D eigenvalue weighted by Crippen LogP contribution is -2.45. The minimum atomic E-state index is -0.528. The minimum Gasteiger partial charge on any atom is -0.323 e. The molecule has 2 aromatic carbocycles. The van der Waals surface area contributed by atoms with E-state index >= 15 is 0 Å². The Labute approximate surface area is 207 Å².